The Morgan fingerprint density at radius 3 is 2.69 bits per heavy atom. The fourth-order valence-corrected chi connectivity index (χ4v) is 2.91. The Labute approximate surface area is 104 Å². The predicted molar refractivity (Wildman–Crippen MR) is 69.8 cm³/mol. The fraction of sp³-hybridized carbons (Fsp3) is 0.308. The van der Waals surface area contributed by atoms with Crippen molar-refractivity contribution in [2.45, 2.75) is 19.3 Å². The summed E-state index contributed by atoms with van der Waals surface area (Å²) in [5.74, 6) is 0.0821. The minimum atomic E-state index is -0.599. The summed E-state index contributed by atoms with van der Waals surface area (Å²) in [4.78, 5) is 13.9. The molecule has 16 heavy (non-hydrogen) atoms. The summed E-state index contributed by atoms with van der Waals surface area (Å²) in [5.41, 5.74) is 2.54. The number of rotatable bonds is 1. The first-order valence-electron chi connectivity index (χ1n) is 5.14. The van der Waals surface area contributed by atoms with E-state index in [1.807, 2.05) is 33.0 Å². The third-order valence-electron chi connectivity index (χ3n) is 3.32. The van der Waals surface area contributed by atoms with Crippen LogP contribution in [0, 0.1) is 6.92 Å². The van der Waals surface area contributed by atoms with Gasteiger partial charge in [-0.15, -0.1) is 6.58 Å². The molecule has 0 fully saturated rings. The third-order valence-corrected chi connectivity index (χ3v) is 3.78. The fourth-order valence-electron chi connectivity index (χ4n) is 2.34. The first-order chi connectivity index (χ1) is 7.41. The number of benzene rings is 1. The quantitative estimate of drug-likeness (QED) is 0.723. The van der Waals surface area contributed by atoms with Crippen LogP contribution in [0.3, 0.4) is 0 Å². The molecule has 2 rings (SSSR count). The van der Waals surface area contributed by atoms with Gasteiger partial charge in [-0.1, -0.05) is 22.0 Å². The summed E-state index contributed by atoms with van der Waals surface area (Å²) in [7, 11) is 1.82. The molecule has 84 valence electrons. The van der Waals surface area contributed by atoms with Gasteiger partial charge >= 0.3 is 0 Å². The van der Waals surface area contributed by atoms with Gasteiger partial charge in [0.25, 0.3) is 0 Å². The number of nitrogens with zero attached hydrogens (tertiary/aromatic N) is 1. The second-order valence-electron chi connectivity index (χ2n) is 4.39. The number of likely N-dealkylation sites (N-methyl/N-ethyl adjacent to an activating group) is 1. The lowest BCUT2D eigenvalue weighted by Crippen LogP contribution is -2.34. The van der Waals surface area contributed by atoms with E-state index in [2.05, 4.69) is 22.5 Å². The molecule has 0 saturated heterocycles. The van der Waals surface area contributed by atoms with E-state index < -0.39 is 5.41 Å². The molecule has 0 N–H and O–H groups in total. The Morgan fingerprint density at radius 2 is 2.12 bits per heavy atom. The van der Waals surface area contributed by atoms with Crippen LogP contribution in [0.1, 0.15) is 18.1 Å². The average molecular weight is 280 g/mol. The highest BCUT2D eigenvalue weighted by molar-refractivity contribution is 9.10. The molecular weight excluding hydrogens is 266 g/mol. The topological polar surface area (TPSA) is 20.3 Å². The van der Waals surface area contributed by atoms with Crippen LogP contribution in [0.25, 0.3) is 0 Å². The van der Waals surface area contributed by atoms with Crippen LogP contribution >= 0.6 is 15.9 Å². The molecule has 0 unspecified atom stereocenters. The molecule has 0 spiro atoms. The molecule has 0 radical (unpaired) electrons. The number of aryl methyl sites for hydroxylation is 1. The van der Waals surface area contributed by atoms with Crippen LogP contribution in [-0.2, 0) is 10.2 Å². The Morgan fingerprint density at radius 1 is 1.50 bits per heavy atom. The number of amides is 1. The molecule has 1 aliphatic heterocycles. The van der Waals surface area contributed by atoms with E-state index in [0.29, 0.717) is 0 Å². The number of carbonyl (C=O) groups excluding carboxylic acids is 1. The molecule has 3 heteroatoms. The first-order valence-corrected chi connectivity index (χ1v) is 5.93. The van der Waals surface area contributed by atoms with E-state index in [1.165, 1.54) is 0 Å². The number of anilines is 1. The number of fused-ring (bicyclic) bond motifs is 1. The molecule has 1 aromatic rings. The molecule has 1 aromatic carbocycles. The van der Waals surface area contributed by atoms with Gasteiger partial charge in [-0.3, -0.25) is 4.79 Å². The van der Waals surface area contributed by atoms with Gasteiger partial charge in [-0.05, 0) is 37.1 Å². The number of hydrogen-bond donors (Lipinski definition) is 0. The zero-order chi connectivity index (χ0) is 12.1. The third kappa shape index (κ3) is 1.27. The largest absolute Gasteiger partial charge is 0.314 e. The normalized spacial score (nSPS) is 23.5. The van der Waals surface area contributed by atoms with Crippen molar-refractivity contribution in [3.8, 4) is 0 Å². The van der Waals surface area contributed by atoms with Crippen LogP contribution in [0.5, 0.6) is 0 Å². The number of halogens is 1. The molecule has 1 atom stereocenters. The standard InChI is InChI=1S/C13H14BrNO/c1-5-13(3)10-7-9(14)6-8(2)11(10)15(4)12(13)16/h5-7H,1H2,2-4H3/t13-/m1/s1. The van der Waals surface area contributed by atoms with E-state index in [-0.39, 0.29) is 5.91 Å². The van der Waals surface area contributed by atoms with Gasteiger partial charge in [-0.25, -0.2) is 0 Å². The molecule has 1 amide bonds. The summed E-state index contributed by atoms with van der Waals surface area (Å²) in [6, 6.07) is 4.03. The van der Waals surface area contributed by atoms with Crippen molar-refractivity contribution in [2.75, 3.05) is 11.9 Å². The lowest BCUT2D eigenvalue weighted by Gasteiger charge is -2.17. The Kier molecular flexibility index (Phi) is 2.46. The van der Waals surface area contributed by atoms with Crippen LogP contribution in [0.4, 0.5) is 5.69 Å². The van der Waals surface area contributed by atoms with E-state index >= 15 is 0 Å². The summed E-state index contributed by atoms with van der Waals surface area (Å²) in [6.45, 7) is 7.72. The van der Waals surface area contributed by atoms with Crippen molar-refractivity contribution in [2.24, 2.45) is 0 Å². The molecule has 1 aliphatic rings. The first kappa shape index (κ1) is 11.4. The van der Waals surface area contributed by atoms with Gasteiger partial charge in [0.1, 0.15) is 0 Å². The van der Waals surface area contributed by atoms with Crippen LogP contribution < -0.4 is 4.90 Å². The highest BCUT2D eigenvalue weighted by atomic mass is 79.9. The zero-order valence-corrected chi connectivity index (χ0v) is 11.3. The van der Waals surface area contributed by atoms with Gasteiger partial charge in [0, 0.05) is 11.5 Å². The highest BCUT2D eigenvalue weighted by Crippen LogP contribution is 2.44. The smallest absolute Gasteiger partial charge is 0.241 e. The minimum Gasteiger partial charge on any atom is -0.314 e. The molecule has 0 aliphatic carbocycles. The summed E-state index contributed by atoms with van der Waals surface area (Å²) in [6.07, 6.45) is 1.73. The molecule has 0 bridgehead atoms. The summed E-state index contributed by atoms with van der Waals surface area (Å²) < 4.78 is 1.000. The van der Waals surface area contributed by atoms with Gasteiger partial charge in [-0.2, -0.15) is 0 Å². The highest BCUT2D eigenvalue weighted by Gasteiger charge is 2.44. The van der Waals surface area contributed by atoms with Crippen LogP contribution in [0.2, 0.25) is 0 Å². The van der Waals surface area contributed by atoms with E-state index in [9.17, 15) is 4.79 Å². The monoisotopic (exact) mass is 279 g/mol. The number of carbonyl (C=O) groups is 1. The maximum atomic E-state index is 12.2. The molecule has 2 nitrogen and oxygen atoms in total. The lowest BCUT2D eigenvalue weighted by molar-refractivity contribution is -0.120. The van der Waals surface area contributed by atoms with Crippen molar-refractivity contribution in [1.82, 2.24) is 0 Å². The Bertz CT molecular complexity index is 495. The second kappa shape index (κ2) is 3.45. The molecular formula is C13H14BrNO. The van der Waals surface area contributed by atoms with Crippen LogP contribution in [-0.4, -0.2) is 13.0 Å². The van der Waals surface area contributed by atoms with Crippen molar-refractivity contribution >= 4 is 27.5 Å². The maximum absolute atomic E-state index is 12.2. The predicted octanol–water partition coefficient (Wildman–Crippen LogP) is 3.18. The Balaban J connectivity index is 2.80. The molecule has 0 saturated carbocycles. The van der Waals surface area contributed by atoms with E-state index in [0.717, 1.165) is 21.3 Å². The summed E-state index contributed by atoms with van der Waals surface area (Å²) in [5, 5.41) is 0. The van der Waals surface area contributed by atoms with Gasteiger partial charge in [0.2, 0.25) is 5.91 Å². The van der Waals surface area contributed by atoms with Gasteiger partial charge in [0.15, 0.2) is 0 Å². The van der Waals surface area contributed by atoms with Crippen molar-refractivity contribution < 1.29 is 4.79 Å². The van der Waals surface area contributed by atoms with Gasteiger partial charge < -0.3 is 4.90 Å². The van der Waals surface area contributed by atoms with Crippen molar-refractivity contribution in [3.05, 3.63) is 40.4 Å². The minimum absolute atomic E-state index is 0.0821. The SMILES string of the molecule is C=C[C@@]1(C)C(=O)N(C)c2c(C)cc(Br)cc21. The van der Waals surface area contributed by atoms with Gasteiger partial charge in [0.05, 0.1) is 11.1 Å². The van der Waals surface area contributed by atoms with Crippen molar-refractivity contribution in [3.63, 3.8) is 0 Å². The summed E-state index contributed by atoms with van der Waals surface area (Å²) >= 11 is 3.47. The second-order valence-corrected chi connectivity index (χ2v) is 5.31. The molecule has 1 heterocycles. The van der Waals surface area contributed by atoms with E-state index in [1.54, 1.807) is 11.0 Å². The van der Waals surface area contributed by atoms with E-state index in [4.69, 9.17) is 0 Å². The van der Waals surface area contributed by atoms with Crippen LogP contribution in [0.15, 0.2) is 29.3 Å². The number of hydrogen-bond acceptors (Lipinski definition) is 1. The lowest BCUT2D eigenvalue weighted by atomic mass is 9.83. The Hall–Kier alpha value is -1.09. The van der Waals surface area contributed by atoms with Crippen molar-refractivity contribution in [1.29, 1.82) is 0 Å². The molecule has 0 aromatic heterocycles. The average Bonchev–Trinajstić information content (AvgIpc) is 2.42. The zero-order valence-electron chi connectivity index (χ0n) is 9.67. The maximum Gasteiger partial charge on any atom is 0.241 e.